The summed E-state index contributed by atoms with van der Waals surface area (Å²) in [6.07, 6.45) is -1.95. The van der Waals surface area contributed by atoms with Crippen LogP contribution in [-0.4, -0.2) is 64.9 Å². The Bertz CT molecular complexity index is 648. The van der Waals surface area contributed by atoms with E-state index in [1.807, 2.05) is 0 Å². The van der Waals surface area contributed by atoms with Gasteiger partial charge >= 0.3 is 0 Å². The van der Waals surface area contributed by atoms with Crippen LogP contribution in [0.15, 0.2) is 12.7 Å². The van der Waals surface area contributed by atoms with Crippen molar-refractivity contribution in [1.82, 2.24) is 19.5 Å². The molecule has 1 fully saturated rings. The highest BCUT2D eigenvalue weighted by Crippen LogP contribution is 2.35. The van der Waals surface area contributed by atoms with Gasteiger partial charge in [-0.05, 0) is 0 Å². The zero-order valence-electron chi connectivity index (χ0n) is 10.2. The van der Waals surface area contributed by atoms with E-state index in [9.17, 15) is 15.3 Å². The van der Waals surface area contributed by atoms with E-state index < -0.39 is 30.8 Å². The number of aliphatic hydroxyl groups is 4. The molecule has 0 radical (unpaired) electrons. The van der Waals surface area contributed by atoms with Crippen LogP contribution in [0.25, 0.3) is 11.2 Å². The summed E-state index contributed by atoms with van der Waals surface area (Å²) in [5, 5.41) is 39.2. The Kier molecular flexibility index (Phi) is 2.84. The van der Waals surface area contributed by atoms with Crippen molar-refractivity contribution < 1.29 is 25.2 Å². The van der Waals surface area contributed by atoms with Gasteiger partial charge in [-0.1, -0.05) is 0 Å². The summed E-state index contributed by atoms with van der Waals surface area (Å²) in [6, 6.07) is 0. The predicted octanol–water partition coefficient (Wildman–Crippen LogP) is -2.88. The summed E-state index contributed by atoms with van der Waals surface area (Å²) < 4.78 is 6.17. The lowest BCUT2D eigenvalue weighted by atomic mass is 10.1. The molecule has 20 heavy (non-hydrogen) atoms. The molecule has 1 aliphatic rings. The number of nitrogen functional groups attached to an aromatic ring is 1. The zero-order chi connectivity index (χ0) is 14.5. The number of hydrogen-bond acceptors (Lipinski definition) is 9. The van der Waals surface area contributed by atoms with Crippen LogP contribution in [0.4, 0.5) is 5.82 Å². The van der Waals surface area contributed by atoms with E-state index in [1.165, 1.54) is 6.33 Å². The minimum Gasteiger partial charge on any atom is -0.394 e. The smallest absolute Gasteiger partial charge is 0.286 e. The molecule has 2 aromatic rings. The standard InChI is InChI=1S/C10H13N5O5/c11-8-5-9(13-2-12-8)15(3-14-5)10(19)7(18)6(17)4(1-16)20-10/h2-4,6-7,16-19H,1H2,(H2,11,12,13)/t4-,6-,7-,10+/m1/s1. The molecule has 0 bridgehead atoms. The third-order valence-electron chi connectivity index (χ3n) is 3.30. The highest BCUT2D eigenvalue weighted by atomic mass is 16.7. The predicted molar refractivity (Wildman–Crippen MR) is 63.9 cm³/mol. The van der Waals surface area contributed by atoms with Crippen molar-refractivity contribution in [2.24, 2.45) is 0 Å². The largest absolute Gasteiger partial charge is 0.394 e. The van der Waals surface area contributed by atoms with Gasteiger partial charge in [-0.3, -0.25) is 4.57 Å². The van der Waals surface area contributed by atoms with Gasteiger partial charge in [-0.2, -0.15) is 0 Å². The van der Waals surface area contributed by atoms with Gasteiger partial charge in [0, 0.05) is 0 Å². The summed E-state index contributed by atoms with van der Waals surface area (Å²) in [5.74, 6) is -2.20. The lowest BCUT2D eigenvalue weighted by Gasteiger charge is -2.27. The van der Waals surface area contributed by atoms with Gasteiger partial charge in [0.1, 0.15) is 30.4 Å². The SMILES string of the molecule is Nc1ncnc2c1ncn2[C@@]1(O)O[C@H](CO)[C@@H](O)[C@H]1O. The first-order valence-corrected chi connectivity index (χ1v) is 5.80. The van der Waals surface area contributed by atoms with Crippen molar-refractivity contribution in [3.05, 3.63) is 12.7 Å². The molecule has 10 nitrogen and oxygen atoms in total. The van der Waals surface area contributed by atoms with Gasteiger partial charge in [-0.15, -0.1) is 0 Å². The van der Waals surface area contributed by atoms with Crippen molar-refractivity contribution in [3.63, 3.8) is 0 Å². The number of aliphatic hydroxyl groups excluding tert-OH is 3. The third kappa shape index (κ3) is 1.60. The average molecular weight is 283 g/mol. The van der Waals surface area contributed by atoms with Crippen molar-refractivity contribution in [3.8, 4) is 0 Å². The summed E-state index contributed by atoms with van der Waals surface area (Å²) in [6.45, 7) is -0.565. The Morgan fingerprint density at radius 2 is 2.10 bits per heavy atom. The second-order valence-electron chi connectivity index (χ2n) is 4.48. The fourth-order valence-electron chi connectivity index (χ4n) is 2.22. The summed E-state index contributed by atoms with van der Waals surface area (Å²) in [7, 11) is 0. The Morgan fingerprint density at radius 3 is 2.75 bits per heavy atom. The Hall–Kier alpha value is -1.85. The van der Waals surface area contributed by atoms with Crippen molar-refractivity contribution >= 4 is 17.0 Å². The molecule has 2 aromatic heterocycles. The molecule has 3 rings (SSSR count). The van der Waals surface area contributed by atoms with E-state index in [1.54, 1.807) is 0 Å². The van der Waals surface area contributed by atoms with Gasteiger partial charge < -0.3 is 30.9 Å². The van der Waals surface area contributed by atoms with Crippen LogP contribution in [0.2, 0.25) is 0 Å². The summed E-state index contributed by atoms with van der Waals surface area (Å²) >= 11 is 0. The van der Waals surface area contributed by atoms with Crippen LogP contribution < -0.4 is 5.73 Å². The minimum atomic E-state index is -2.30. The van der Waals surface area contributed by atoms with E-state index in [2.05, 4.69) is 15.0 Å². The molecule has 0 unspecified atom stereocenters. The van der Waals surface area contributed by atoms with Crippen molar-refractivity contribution in [1.29, 1.82) is 0 Å². The Labute approximate surface area is 112 Å². The van der Waals surface area contributed by atoms with Gasteiger partial charge in [0.05, 0.1) is 6.61 Å². The van der Waals surface area contributed by atoms with E-state index in [0.717, 1.165) is 10.9 Å². The van der Waals surface area contributed by atoms with Crippen LogP contribution in [0.3, 0.4) is 0 Å². The molecule has 6 N–H and O–H groups in total. The number of rotatable bonds is 2. The number of ether oxygens (including phenoxy) is 1. The Morgan fingerprint density at radius 1 is 1.35 bits per heavy atom. The highest BCUT2D eigenvalue weighted by molar-refractivity contribution is 5.81. The number of anilines is 1. The molecular weight excluding hydrogens is 270 g/mol. The molecule has 108 valence electrons. The number of imidazole rings is 1. The maximum Gasteiger partial charge on any atom is 0.286 e. The summed E-state index contributed by atoms with van der Waals surface area (Å²) in [5.41, 5.74) is 5.98. The third-order valence-corrected chi connectivity index (χ3v) is 3.30. The van der Waals surface area contributed by atoms with E-state index >= 15 is 0 Å². The monoisotopic (exact) mass is 283 g/mol. The molecule has 3 heterocycles. The van der Waals surface area contributed by atoms with E-state index in [-0.39, 0.29) is 17.0 Å². The van der Waals surface area contributed by atoms with Crippen LogP contribution in [0.5, 0.6) is 0 Å². The molecule has 0 spiro atoms. The molecule has 0 amide bonds. The molecule has 0 aliphatic carbocycles. The number of aromatic nitrogens is 4. The van der Waals surface area contributed by atoms with Gasteiger partial charge in [-0.25, -0.2) is 15.0 Å². The molecular formula is C10H13N5O5. The quantitative estimate of drug-likeness (QED) is 0.390. The second kappa shape index (κ2) is 4.33. The van der Waals surface area contributed by atoms with Crippen LogP contribution in [-0.2, 0) is 10.6 Å². The maximum absolute atomic E-state index is 10.5. The molecule has 4 atom stereocenters. The van der Waals surface area contributed by atoms with Gasteiger partial charge in [0.25, 0.3) is 5.91 Å². The number of nitrogens with two attached hydrogens (primary N) is 1. The molecule has 10 heteroatoms. The molecule has 1 aliphatic heterocycles. The van der Waals surface area contributed by atoms with Crippen molar-refractivity contribution in [2.75, 3.05) is 12.3 Å². The van der Waals surface area contributed by atoms with Crippen LogP contribution >= 0.6 is 0 Å². The van der Waals surface area contributed by atoms with E-state index in [0.29, 0.717) is 0 Å². The number of fused-ring (bicyclic) bond motifs is 1. The topological polar surface area (TPSA) is 160 Å². The average Bonchev–Trinajstić information content (AvgIpc) is 2.96. The minimum absolute atomic E-state index is 0.101. The van der Waals surface area contributed by atoms with Crippen LogP contribution in [0.1, 0.15) is 0 Å². The lowest BCUT2D eigenvalue weighted by molar-refractivity contribution is -0.287. The first-order chi connectivity index (χ1) is 9.49. The van der Waals surface area contributed by atoms with E-state index in [4.69, 9.17) is 15.6 Å². The number of nitrogens with zero attached hydrogens (tertiary/aromatic N) is 4. The van der Waals surface area contributed by atoms with Crippen molar-refractivity contribution in [2.45, 2.75) is 24.2 Å². The summed E-state index contributed by atoms with van der Waals surface area (Å²) in [4.78, 5) is 11.6. The molecule has 1 saturated heterocycles. The second-order valence-corrected chi connectivity index (χ2v) is 4.48. The molecule has 0 aromatic carbocycles. The van der Waals surface area contributed by atoms with Gasteiger partial charge in [0.2, 0.25) is 0 Å². The van der Waals surface area contributed by atoms with Crippen LogP contribution in [0, 0.1) is 0 Å². The first-order valence-electron chi connectivity index (χ1n) is 5.80. The fourth-order valence-corrected chi connectivity index (χ4v) is 2.22. The molecule has 0 saturated carbocycles. The first kappa shape index (κ1) is 13.1. The normalized spacial score (nSPS) is 33.9. The van der Waals surface area contributed by atoms with Gasteiger partial charge in [0.15, 0.2) is 17.6 Å². The maximum atomic E-state index is 10.5. The lowest BCUT2D eigenvalue weighted by Crippen LogP contribution is -2.45. The fraction of sp³-hybridized carbons (Fsp3) is 0.500. The Balaban J connectivity index is 2.13. The highest BCUT2D eigenvalue weighted by Gasteiger charge is 2.55. The number of hydrogen-bond donors (Lipinski definition) is 5. The zero-order valence-corrected chi connectivity index (χ0v) is 10.2.